The average Bonchev–Trinajstić information content (AvgIpc) is 2.84. The molecule has 2 aromatic rings. The summed E-state index contributed by atoms with van der Waals surface area (Å²) in [6.45, 7) is 0. The van der Waals surface area contributed by atoms with Crippen LogP contribution in [0.3, 0.4) is 0 Å². The van der Waals surface area contributed by atoms with E-state index in [9.17, 15) is 14.7 Å². The van der Waals surface area contributed by atoms with Gasteiger partial charge in [-0.05, 0) is 24.3 Å². The minimum Gasteiger partial charge on any atom is -0.497 e. The molecule has 0 aromatic heterocycles. The molecule has 0 saturated carbocycles. The van der Waals surface area contributed by atoms with Crippen molar-refractivity contribution in [1.29, 1.82) is 0 Å². The highest BCUT2D eigenvalue weighted by Gasteiger charge is 2.48. The highest BCUT2D eigenvalue weighted by Crippen LogP contribution is 2.45. The van der Waals surface area contributed by atoms with Crippen LogP contribution in [0.15, 0.2) is 30.3 Å². The first-order chi connectivity index (χ1) is 12.3. The third-order valence-corrected chi connectivity index (χ3v) is 4.73. The standard InChI is InChI=1S/C18H15Cl2NO5/c1-25-10-3-4-11(15(7-10)26-2)14(22)8-18(24)16-12(20)5-9(19)6-13(16)21-17(18)23/h3-7,24H,8H2,1-2H3,(H,21,23)/t18-/m0/s1. The van der Waals surface area contributed by atoms with Crippen molar-refractivity contribution in [2.24, 2.45) is 0 Å². The van der Waals surface area contributed by atoms with Crippen molar-refractivity contribution in [2.45, 2.75) is 12.0 Å². The zero-order valence-corrected chi connectivity index (χ0v) is 15.4. The van der Waals surface area contributed by atoms with E-state index in [4.69, 9.17) is 32.7 Å². The molecule has 1 aliphatic heterocycles. The molecule has 1 atom stereocenters. The van der Waals surface area contributed by atoms with Gasteiger partial charge in [0, 0.05) is 16.7 Å². The Hall–Kier alpha value is -2.28. The molecule has 0 aliphatic carbocycles. The first kappa shape index (κ1) is 18.5. The van der Waals surface area contributed by atoms with Gasteiger partial charge in [-0.1, -0.05) is 23.2 Å². The Bertz CT molecular complexity index is 915. The number of amides is 1. The Balaban J connectivity index is 1.99. The highest BCUT2D eigenvalue weighted by molar-refractivity contribution is 6.36. The third-order valence-electron chi connectivity index (χ3n) is 4.22. The Morgan fingerprint density at radius 3 is 2.58 bits per heavy atom. The zero-order chi connectivity index (χ0) is 19.1. The second-order valence-corrected chi connectivity index (χ2v) is 6.63. The minimum atomic E-state index is -2.10. The van der Waals surface area contributed by atoms with Gasteiger partial charge in [-0.3, -0.25) is 9.59 Å². The number of anilines is 1. The fraction of sp³-hybridized carbons (Fsp3) is 0.222. The van der Waals surface area contributed by atoms with Gasteiger partial charge in [-0.15, -0.1) is 0 Å². The number of ketones is 1. The van der Waals surface area contributed by atoms with E-state index < -0.39 is 23.7 Å². The molecule has 2 N–H and O–H groups in total. The minimum absolute atomic E-state index is 0.0999. The first-order valence-corrected chi connectivity index (χ1v) is 8.34. The fourth-order valence-corrected chi connectivity index (χ4v) is 3.61. The molecule has 3 rings (SSSR count). The SMILES string of the molecule is COc1ccc(C(=O)C[C@@]2(O)C(=O)Nc3cc(Cl)cc(Cl)c32)c(OC)c1. The summed E-state index contributed by atoms with van der Waals surface area (Å²) in [6.07, 6.45) is -0.504. The van der Waals surface area contributed by atoms with Crippen molar-refractivity contribution < 1.29 is 24.2 Å². The summed E-state index contributed by atoms with van der Waals surface area (Å²) in [5.74, 6) is -0.434. The second kappa shape index (κ2) is 6.79. The van der Waals surface area contributed by atoms with Gasteiger partial charge in [-0.25, -0.2) is 0 Å². The Morgan fingerprint density at radius 2 is 1.92 bits per heavy atom. The molecule has 2 aromatic carbocycles. The highest BCUT2D eigenvalue weighted by atomic mass is 35.5. The van der Waals surface area contributed by atoms with Crippen LogP contribution in [0.5, 0.6) is 11.5 Å². The van der Waals surface area contributed by atoms with Crippen LogP contribution in [0.25, 0.3) is 0 Å². The predicted octanol–water partition coefficient (Wildman–Crippen LogP) is 3.42. The largest absolute Gasteiger partial charge is 0.497 e. The number of rotatable bonds is 5. The van der Waals surface area contributed by atoms with Crippen LogP contribution < -0.4 is 14.8 Å². The molecule has 0 saturated heterocycles. The summed E-state index contributed by atoms with van der Waals surface area (Å²) < 4.78 is 10.3. The van der Waals surface area contributed by atoms with Crippen molar-refractivity contribution in [2.75, 3.05) is 19.5 Å². The lowest BCUT2D eigenvalue weighted by molar-refractivity contribution is -0.133. The molecule has 8 heteroatoms. The van der Waals surface area contributed by atoms with Crippen molar-refractivity contribution in [3.63, 3.8) is 0 Å². The molecular formula is C18H15Cl2NO5. The van der Waals surface area contributed by atoms with Crippen LogP contribution in [0.1, 0.15) is 22.3 Å². The molecule has 0 unspecified atom stereocenters. The monoisotopic (exact) mass is 395 g/mol. The Labute approximate surface area is 159 Å². The van der Waals surface area contributed by atoms with E-state index in [0.717, 1.165) is 0 Å². The van der Waals surface area contributed by atoms with Crippen LogP contribution in [-0.2, 0) is 10.4 Å². The van der Waals surface area contributed by atoms with E-state index in [2.05, 4.69) is 5.32 Å². The smallest absolute Gasteiger partial charge is 0.261 e. The van der Waals surface area contributed by atoms with Gasteiger partial charge in [0.05, 0.1) is 36.9 Å². The topological polar surface area (TPSA) is 84.9 Å². The molecule has 1 aliphatic rings. The lowest BCUT2D eigenvalue weighted by Crippen LogP contribution is -2.36. The number of halogens is 2. The first-order valence-electron chi connectivity index (χ1n) is 7.58. The number of hydrogen-bond acceptors (Lipinski definition) is 5. The van der Waals surface area contributed by atoms with Crippen LogP contribution in [0.2, 0.25) is 10.0 Å². The summed E-state index contributed by atoms with van der Waals surface area (Å²) >= 11 is 12.1. The third kappa shape index (κ3) is 3.00. The molecule has 136 valence electrons. The maximum absolute atomic E-state index is 12.8. The lowest BCUT2D eigenvalue weighted by Gasteiger charge is -2.21. The van der Waals surface area contributed by atoms with Crippen molar-refractivity contribution >= 4 is 40.6 Å². The van der Waals surface area contributed by atoms with E-state index in [-0.39, 0.29) is 27.6 Å². The van der Waals surface area contributed by atoms with Gasteiger partial charge < -0.3 is 19.9 Å². The summed E-state index contributed by atoms with van der Waals surface area (Å²) in [4.78, 5) is 25.2. The molecule has 0 fully saturated rings. The van der Waals surface area contributed by atoms with Gasteiger partial charge in [0.15, 0.2) is 11.4 Å². The van der Waals surface area contributed by atoms with Crippen LogP contribution >= 0.6 is 23.2 Å². The Kier molecular flexibility index (Phi) is 4.84. The maximum atomic E-state index is 12.8. The number of aliphatic hydroxyl groups is 1. The van der Waals surface area contributed by atoms with Crippen molar-refractivity contribution in [3.8, 4) is 11.5 Å². The number of fused-ring (bicyclic) bond motifs is 1. The van der Waals surface area contributed by atoms with E-state index in [1.807, 2.05) is 0 Å². The Morgan fingerprint density at radius 1 is 1.19 bits per heavy atom. The van der Waals surface area contributed by atoms with E-state index in [1.165, 1.54) is 32.4 Å². The van der Waals surface area contributed by atoms with Gasteiger partial charge in [0.1, 0.15) is 11.5 Å². The summed E-state index contributed by atoms with van der Waals surface area (Å²) in [5, 5.41) is 13.9. The van der Waals surface area contributed by atoms with Crippen molar-refractivity contribution in [3.05, 3.63) is 51.5 Å². The van der Waals surface area contributed by atoms with Gasteiger partial charge in [0.2, 0.25) is 0 Å². The molecule has 0 radical (unpaired) electrons. The molecule has 6 nitrogen and oxygen atoms in total. The number of Topliss-reactive ketones (excluding diaryl/α,β-unsaturated/α-hetero) is 1. The normalized spacial score (nSPS) is 18.3. The predicted molar refractivity (Wildman–Crippen MR) is 97.5 cm³/mol. The van der Waals surface area contributed by atoms with Gasteiger partial charge >= 0.3 is 0 Å². The molecular weight excluding hydrogens is 381 g/mol. The molecule has 0 spiro atoms. The fourth-order valence-electron chi connectivity index (χ4n) is 2.96. The molecule has 1 heterocycles. The van der Waals surface area contributed by atoms with E-state index >= 15 is 0 Å². The zero-order valence-electron chi connectivity index (χ0n) is 13.9. The summed E-state index contributed by atoms with van der Waals surface area (Å²) in [7, 11) is 2.91. The quantitative estimate of drug-likeness (QED) is 0.757. The van der Waals surface area contributed by atoms with Crippen LogP contribution in [0, 0.1) is 0 Å². The number of benzene rings is 2. The maximum Gasteiger partial charge on any atom is 0.261 e. The molecule has 0 bridgehead atoms. The second-order valence-electron chi connectivity index (χ2n) is 5.79. The lowest BCUT2D eigenvalue weighted by atomic mass is 9.88. The number of carbonyl (C=O) groups excluding carboxylic acids is 2. The summed E-state index contributed by atoms with van der Waals surface area (Å²) in [6, 6.07) is 7.53. The number of methoxy groups -OCH3 is 2. The summed E-state index contributed by atoms with van der Waals surface area (Å²) in [5.41, 5.74) is -1.47. The van der Waals surface area contributed by atoms with Gasteiger partial charge in [-0.2, -0.15) is 0 Å². The van der Waals surface area contributed by atoms with Gasteiger partial charge in [0.25, 0.3) is 5.91 Å². The van der Waals surface area contributed by atoms with E-state index in [1.54, 1.807) is 12.1 Å². The number of hydrogen-bond donors (Lipinski definition) is 2. The number of carbonyl (C=O) groups is 2. The van der Waals surface area contributed by atoms with Crippen molar-refractivity contribution in [1.82, 2.24) is 0 Å². The average molecular weight is 396 g/mol. The van der Waals surface area contributed by atoms with E-state index in [0.29, 0.717) is 10.8 Å². The molecule has 1 amide bonds. The number of ether oxygens (including phenoxy) is 2. The molecule has 26 heavy (non-hydrogen) atoms. The van der Waals surface area contributed by atoms with Crippen LogP contribution in [0.4, 0.5) is 5.69 Å². The van der Waals surface area contributed by atoms with Crippen LogP contribution in [-0.4, -0.2) is 31.0 Å². The number of nitrogens with one attached hydrogen (secondary N) is 1.